The van der Waals surface area contributed by atoms with Crippen molar-refractivity contribution in [1.29, 1.82) is 0 Å². The van der Waals surface area contributed by atoms with Crippen molar-refractivity contribution in [3.8, 4) is 0 Å². The highest BCUT2D eigenvalue weighted by Crippen LogP contribution is 2.19. The Kier molecular flexibility index (Phi) is 3.63. The number of aromatic nitrogens is 4. The largest absolute Gasteiger partial charge is 0.290 e. The molecule has 0 aliphatic rings. The van der Waals surface area contributed by atoms with Gasteiger partial charge in [0.1, 0.15) is 10.3 Å². The number of aryl methyl sites for hydroxylation is 2. The van der Waals surface area contributed by atoms with Crippen LogP contribution in [0.25, 0.3) is 10.9 Å². The average molecular weight is 347 g/mol. The lowest BCUT2D eigenvalue weighted by Crippen LogP contribution is -2.24. The van der Waals surface area contributed by atoms with Crippen molar-refractivity contribution >= 4 is 26.8 Å². The summed E-state index contributed by atoms with van der Waals surface area (Å²) < 4.78 is 4.06. The molecule has 0 saturated heterocycles. The molecule has 108 valence electrons. The van der Waals surface area contributed by atoms with Gasteiger partial charge in [-0.25, -0.2) is 4.98 Å². The van der Waals surface area contributed by atoms with Gasteiger partial charge < -0.3 is 0 Å². The first-order valence-corrected chi connectivity index (χ1v) is 7.57. The molecule has 0 atom stereocenters. The van der Waals surface area contributed by atoms with Gasteiger partial charge in [0.2, 0.25) is 0 Å². The van der Waals surface area contributed by atoms with Crippen LogP contribution in [-0.2, 0) is 13.1 Å². The Morgan fingerprint density at radius 1 is 1.29 bits per heavy atom. The van der Waals surface area contributed by atoms with Crippen molar-refractivity contribution in [3.05, 3.63) is 56.8 Å². The van der Waals surface area contributed by atoms with Crippen LogP contribution < -0.4 is 5.56 Å². The van der Waals surface area contributed by atoms with E-state index in [9.17, 15) is 4.79 Å². The second kappa shape index (κ2) is 5.44. The van der Waals surface area contributed by atoms with Crippen LogP contribution in [0.4, 0.5) is 0 Å². The highest BCUT2D eigenvalue weighted by atomic mass is 79.9. The lowest BCUT2D eigenvalue weighted by Gasteiger charge is -2.07. The van der Waals surface area contributed by atoms with Gasteiger partial charge in [-0.15, -0.1) is 0 Å². The number of hydrogen-bond acceptors (Lipinski definition) is 3. The monoisotopic (exact) mass is 346 g/mol. The van der Waals surface area contributed by atoms with Crippen LogP contribution in [0.1, 0.15) is 18.4 Å². The van der Waals surface area contributed by atoms with Crippen molar-refractivity contribution < 1.29 is 0 Å². The maximum Gasteiger partial charge on any atom is 0.268 e. The number of rotatable bonds is 3. The van der Waals surface area contributed by atoms with Gasteiger partial charge in [-0.3, -0.25) is 14.0 Å². The molecule has 0 aliphatic heterocycles. The average Bonchev–Trinajstić information content (AvgIpc) is 2.86. The molecule has 0 radical (unpaired) electrons. The van der Waals surface area contributed by atoms with E-state index in [1.807, 2.05) is 35.9 Å². The second-order valence-corrected chi connectivity index (χ2v) is 5.68. The summed E-state index contributed by atoms with van der Waals surface area (Å²) in [5.74, 6) is 0.679. The van der Waals surface area contributed by atoms with Crippen molar-refractivity contribution in [2.24, 2.45) is 0 Å². The van der Waals surface area contributed by atoms with Gasteiger partial charge in [0.25, 0.3) is 5.56 Å². The summed E-state index contributed by atoms with van der Waals surface area (Å²) in [7, 11) is 0. The highest BCUT2D eigenvalue weighted by Gasteiger charge is 2.12. The molecule has 3 aromatic rings. The van der Waals surface area contributed by atoms with Gasteiger partial charge in [-0.05, 0) is 35.8 Å². The normalized spacial score (nSPS) is 11.2. The predicted octanol–water partition coefficient (Wildman–Crippen LogP) is 2.73. The zero-order chi connectivity index (χ0) is 15.0. The van der Waals surface area contributed by atoms with Crippen LogP contribution in [0, 0.1) is 6.92 Å². The van der Waals surface area contributed by atoms with E-state index in [0.29, 0.717) is 16.8 Å². The van der Waals surface area contributed by atoms with Crippen LogP contribution in [-0.4, -0.2) is 19.3 Å². The Balaban J connectivity index is 2.15. The lowest BCUT2D eigenvalue weighted by molar-refractivity contribution is 0.633. The molecule has 0 amide bonds. The van der Waals surface area contributed by atoms with E-state index < -0.39 is 0 Å². The van der Waals surface area contributed by atoms with E-state index in [4.69, 9.17) is 0 Å². The van der Waals surface area contributed by atoms with E-state index in [1.54, 1.807) is 4.57 Å². The van der Waals surface area contributed by atoms with Gasteiger partial charge in [0, 0.05) is 18.1 Å². The first-order chi connectivity index (χ1) is 10.1. The van der Waals surface area contributed by atoms with Crippen molar-refractivity contribution in [2.45, 2.75) is 26.9 Å². The molecular formula is C15H15BrN4O. The Morgan fingerprint density at radius 3 is 2.81 bits per heavy atom. The third kappa shape index (κ3) is 2.40. The molecule has 2 aromatic heterocycles. The van der Waals surface area contributed by atoms with Gasteiger partial charge in [-0.2, -0.15) is 5.10 Å². The molecule has 3 rings (SSSR count). The first kappa shape index (κ1) is 14.0. The molecular weight excluding hydrogens is 332 g/mol. The van der Waals surface area contributed by atoms with Gasteiger partial charge in [-0.1, -0.05) is 18.2 Å². The summed E-state index contributed by atoms with van der Waals surface area (Å²) in [5, 5.41) is 5.70. The standard InChI is InChI=1S/C15H15BrN4O/c1-3-20-14-7-5-4-6-11(14)13(18-20)9-19-10(2)17-8-12(16)15(19)21/h4-8H,3,9H2,1-2H3. The number of halogens is 1. The molecule has 0 saturated carbocycles. The van der Waals surface area contributed by atoms with E-state index in [1.165, 1.54) is 6.20 Å². The summed E-state index contributed by atoms with van der Waals surface area (Å²) in [5.41, 5.74) is 1.89. The number of fused-ring (bicyclic) bond motifs is 1. The fourth-order valence-electron chi connectivity index (χ4n) is 2.44. The summed E-state index contributed by atoms with van der Waals surface area (Å²) in [6, 6.07) is 8.07. The molecule has 0 N–H and O–H groups in total. The number of benzene rings is 1. The zero-order valence-electron chi connectivity index (χ0n) is 11.9. The van der Waals surface area contributed by atoms with Crippen molar-refractivity contribution in [2.75, 3.05) is 0 Å². The lowest BCUT2D eigenvalue weighted by atomic mass is 10.2. The molecule has 0 unspecified atom stereocenters. The fraction of sp³-hybridized carbons (Fsp3) is 0.267. The van der Waals surface area contributed by atoms with Crippen LogP contribution >= 0.6 is 15.9 Å². The number of nitrogens with zero attached hydrogens (tertiary/aromatic N) is 4. The Labute approximate surface area is 130 Å². The second-order valence-electron chi connectivity index (χ2n) is 4.82. The molecule has 0 aliphatic carbocycles. The zero-order valence-corrected chi connectivity index (χ0v) is 13.5. The molecule has 21 heavy (non-hydrogen) atoms. The Hall–Kier alpha value is -1.95. The minimum Gasteiger partial charge on any atom is -0.290 e. The fourth-order valence-corrected chi connectivity index (χ4v) is 2.76. The summed E-state index contributed by atoms with van der Waals surface area (Å²) >= 11 is 3.24. The van der Waals surface area contributed by atoms with E-state index in [2.05, 4.69) is 32.9 Å². The first-order valence-electron chi connectivity index (χ1n) is 6.78. The molecule has 2 heterocycles. The summed E-state index contributed by atoms with van der Waals surface area (Å²) in [6.07, 6.45) is 1.54. The maximum atomic E-state index is 12.2. The van der Waals surface area contributed by atoms with Gasteiger partial charge >= 0.3 is 0 Å². The van der Waals surface area contributed by atoms with Crippen LogP contribution in [0.5, 0.6) is 0 Å². The maximum absolute atomic E-state index is 12.2. The van der Waals surface area contributed by atoms with Crippen LogP contribution in [0.3, 0.4) is 0 Å². The molecule has 0 bridgehead atoms. The van der Waals surface area contributed by atoms with Crippen molar-refractivity contribution in [3.63, 3.8) is 0 Å². The van der Waals surface area contributed by atoms with Gasteiger partial charge in [0.15, 0.2) is 0 Å². The molecule has 5 nitrogen and oxygen atoms in total. The third-order valence-electron chi connectivity index (χ3n) is 3.55. The minimum atomic E-state index is -0.0855. The predicted molar refractivity (Wildman–Crippen MR) is 85.4 cm³/mol. The topological polar surface area (TPSA) is 52.7 Å². The molecule has 6 heteroatoms. The summed E-state index contributed by atoms with van der Waals surface area (Å²) in [4.78, 5) is 16.5. The van der Waals surface area contributed by atoms with Crippen LogP contribution in [0.15, 0.2) is 39.7 Å². The summed E-state index contributed by atoms with van der Waals surface area (Å²) in [6.45, 7) is 5.10. The molecule has 0 spiro atoms. The van der Waals surface area contributed by atoms with Crippen LogP contribution in [0.2, 0.25) is 0 Å². The van der Waals surface area contributed by atoms with Crippen molar-refractivity contribution in [1.82, 2.24) is 19.3 Å². The van der Waals surface area contributed by atoms with E-state index >= 15 is 0 Å². The van der Waals surface area contributed by atoms with E-state index in [-0.39, 0.29) is 5.56 Å². The van der Waals surface area contributed by atoms with Gasteiger partial charge in [0.05, 0.1) is 17.8 Å². The Morgan fingerprint density at radius 2 is 2.05 bits per heavy atom. The molecule has 1 aromatic carbocycles. The number of hydrogen-bond donors (Lipinski definition) is 0. The quantitative estimate of drug-likeness (QED) is 0.732. The molecule has 0 fully saturated rings. The number of para-hydroxylation sites is 1. The SMILES string of the molecule is CCn1nc(Cn2c(C)ncc(Br)c2=O)c2ccccc21. The Bertz CT molecular complexity index is 866. The minimum absolute atomic E-state index is 0.0855. The highest BCUT2D eigenvalue weighted by molar-refractivity contribution is 9.10. The van der Waals surface area contributed by atoms with E-state index in [0.717, 1.165) is 23.1 Å². The smallest absolute Gasteiger partial charge is 0.268 e. The third-order valence-corrected chi connectivity index (χ3v) is 4.09.